The van der Waals surface area contributed by atoms with Crippen molar-refractivity contribution in [2.45, 2.75) is 31.2 Å². The summed E-state index contributed by atoms with van der Waals surface area (Å²) in [5.74, 6) is 0.380. The molecule has 1 fully saturated rings. The summed E-state index contributed by atoms with van der Waals surface area (Å²) >= 11 is 5.42. The topological polar surface area (TPSA) is 66.4 Å². The van der Waals surface area contributed by atoms with Gasteiger partial charge in [-0.05, 0) is 25.7 Å². The van der Waals surface area contributed by atoms with Gasteiger partial charge in [0.15, 0.2) is 0 Å². The van der Waals surface area contributed by atoms with Crippen LogP contribution in [0, 0.1) is 0 Å². The average molecular weight is 242 g/mol. The summed E-state index contributed by atoms with van der Waals surface area (Å²) in [5, 5.41) is 9.07. The molecule has 0 heterocycles. The van der Waals surface area contributed by atoms with Crippen molar-refractivity contribution in [3.63, 3.8) is 0 Å². The Morgan fingerprint density at radius 2 is 2.07 bits per heavy atom. The van der Waals surface area contributed by atoms with Crippen molar-refractivity contribution in [2.75, 3.05) is 18.2 Å². The van der Waals surface area contributed by atoms with Crippen molar-refractivity contribution in [3.8, 4) is 0 Å². The van der Waals surface area contributed by atoms with Gasteiger partial charge in [-0.25, -0.2) is 13.1 Å². The van der Waals surface area contributed by atoms with Crippen LogP contribution in [0.1, 0.15) is 25.7 Å². The first-order valence-electron chi connectivity index (χ1n) is 4.72. The van der Waals surface area contributed by atoms with E-state index in [0.717, 1.165) is 19.3 Å². The standard InChI is InChI=1S/C8H16ClNO3S/c9-5-2-6-14(12,13)10-8(7-11)3-1-4-8/h10-11H,1-7H2. The molecule has 6 heteroatoms. The smallest absolute Gasteiger partial charge is 0.212 e. The van der Waals surface area contributed by atoms with Crippen LogP contribution in [0.15, 0.2) is 0 Å². The van der Waals surface area contributed by atoms with Crippen LogP contribution in [0.3, 0.4) is 0 Å². The van der Waals surface area contributed by atoms with Crippen molar-refractivity contribution >= 4 is 21.6 Å². The number of aliphatic hydroxyl groups excluding tert-OH is 1. The van der Waals surface area contributed by atoms with E-state index in [1.165, 1.54) is 0 Å². The fraction of sp³-hybridized carbons (Fsp3) is 1.00. The highest BCUT2D eigenvalue weighted by molar-refractivity contribution is 7.89. The number of hydrogen-bond acceptors (Lipinski definition) is 3. The lowest BCUT2D eigenvalue weighted by Gasteiger charge is -2.40. The third-order valence-corrected chi connectivity index (χ3v) is 4.37. The van der Waals surface area contributed by atoms with Crippen molar-refractivity contribution < 1.29 is 13.5 Å². The monoisotopic (exact) mass is 241 g/mol. The van der Waals surface area contributed by atoms with Crippen LogP contribution in [0.25, 0.3) is 0 Å². The summed E-state index contributed by atoms with van der Waals surface area (Å²) in [4.78, 5) is 0. The summed E-state index contributed by atoms with van der Waals surface area (Å²) < 4.78 is 25.5. The van der Waals surface area contributed by atoms with Crippen molar-refractivity contribution in [3.05, 3.63) is 0 Å². The Hall–Kier alpha value is 0.160. The van der Waals surface area contributed by atoms with E-state index >= 15 is 0 Å². The van der Waals surface area contributed by atoms with Gasteiger partial charge in [0.1, 0.15) is 0 Å². The second kappa shape index (κ2) is 4.79. The molecule has 0 bridgehead atoms. The van der Waals surface area contributed by atoms with Gasteiger partial charge in [0.05, 0.1) is 17.9 Å². The summed E-state index contributed by atoms with van der Waals surface area (Å²) in [7, 11) is -3.27. The molecule has 0 aromatic carbocycles. The molecule has 0 radical (unpaired) electrons. The molecule has 0 aromatic heterocycles. The maximum Gasteiger partial charge on any atom is 0.212 e. The molecule has 0 aliphatic heterocycles. The molecule has 1 rings (SSSR count). The zero-order valence-corrected chi connectivity index (χ0v) is 9.57. The molecule has 0 spiro atoms. The fourth-order valence-corrected chi connectivity index (χ4v) is 3.37. The Morgan fingerprint density at radius 1 is 1.43 bits per heavy atom. The minimum Gasteiger partial charge on any atom is -0.394 e. The molecule has 1 aliphatic carbocycles. The molecule has 1 saturated carbocycles. The average Bonchev–Trinajstić information content (AvgIpc) is 2.08. The van der Waals surface area contributed by atoms with Crippen LogP contribution < -0.4 is 4.72 Å². The molecule has 1 aliphatic rings. The van der Waals surface area contributed by atoms with Crippen LogP contribution in [0.4, 0.5) is 0 Å². The number of alkyl halides is 1. The predicted molar refractivity (Wildman–Crippen MR) is 55.9 cm³/mol. The van der Waals surface area contributed by atoms with Crippen molar-refractivity contribution in [1.82, 2.24) is 4.72 Å². The third kappa shape index (κ3) is 3.08. The van der Waals surface area contributed by atoms with E-state index in [9.17, 15) is 8.42 Å². The molecule has 0 saturated heterocycles. The van der Waals surface area contributed by atoms with Crippen molar-refractivity contribution in [1.29, 1.82) is 0 Å². The number of aliphatic hydroxyl groups is 1. The predicted octanol–water partition coefficient (Wildman–Crippen LogP) is 0.450. The Bertz CT molecular complexity index is 269. The van der Waals surface area contributed by atoms with Gasteiger partial charge in [-0.15, -0.1) is 11.6 Å². The molecule has 0 amide bonds. The molecular weight excluding hydrogens is 226 g/mol. The third-order valence-electron chi connectivity index (χ3n) is 2.53. The summed E-state index contributed by atoms with van der Waals surface area (Å²) in [6.45, 7) is -0.118. The lowest BCUT2D eigenvalue weighted by molar-refractivity contribution is 0.110. The zero-order chi connectivity index (χ0) is 10.7. The van der Waals surface area contributed by atoms with Gasteiger partial charge in [-0.3, -0.25) is 0 Å². The molecule has 0 atom stereocenters. The van der Waals surface area contributed by atoms with Gasteiger partial charge >= 0.3 is 0 Å². The molecule has 14 heavy (non-hydrogen) atoms. The highest BCUT2D eigenvalue weighted by Gasteiger charge is 2.39. The highest BCUT2D eigenvalue weighted by atomic mass is 35.5. The van der Waals surface area contributed by atoms with Crippen LogP contribution in [-0.2, 0) is 10.0 Å². The molecule has 0 unspecified atom stereocenters. The van der Waals surface area contributed by atoms with Crippen LogP contribution in [-0.4, -0.2) is 37.3 Å². The Kier molecular flexibility index (Phi) is 4.18. The van der Waals surface area contributed by atoms with Crippen LogP contribution in [0.5, 0.6) is 0 Å². The van der Waals surface area contributed by atoms with E-state index < -0.39 is 15.6 Å². The van der Waals surface area contributed by atoms with E-state index in [1.807, 2.05) is 0 Å². The molecule has 0 aromatic rings. The van der Waals surface area contributed by atoms with Crippen LogP contribution >= 0.6 is 11.6 Å². The summed E-state index contributed by atoms with van der Waals surface area (Å²) in [6.07, 6.45) is 2.87. The Balaban J connectivity index is 2.49. The number of halogens is 1. The van der Waals surface area contributed by atoms with Gasteiger partial charge in [0, 0.05) is 5.88 Å². The van der Waals surface area contributed by atoms with E-state index in [-0.39, 0.29) is 12.4 Å². The van der Waals surface area contributed by atoms with E-state index in [1.54, 1.807) is 0 Å². The fourth-order valence-electron chi connectivity index (χ4n) is 1.52. The second-order valence-corrected chi connectivity index (χ2v) is 5.98. The lowest BCUT2D eigenvalue weighted by atomic mass is 9.78. The van der Waals surface area contributed by atoms with Gasteiger partial charge in [0.2, 0.25) is 10.0 Å². The maximum atomic E-state index is 11.5. The van der Waals surface area contributed by atoms with E-state index in [0.29, 0.717) is 12.3 Å². The minimum atomic E-state index is -3.27. The summed E-state index contributed by atoms with van der Waals surface area (Å²) in [6, 6.07) is 0. The number of rotatable bonds is 6. The van der Waals surface area contributed by atoms with Crippen LogP contribution in [0.2, 0.25) is 0 Å². The lowest BCUT2D eigenvalue weighted by Crippen LogP contribution is -2.56. The van der Waals surface area contributed by atoms with Gasteiger partial charge in [-0.2, -0.15) is 0 Å². The molecule has 4 nitrogen and oxygen atoms in total. The highest BCUT2D eigenvalue weighted by Crippen LogP contribution is 2.31. The second-order valence-electron chi connectivity index (χ2n) is 3.76. The number of nitrogens with one attached hydrogen (secondary N) is 1. The molecule has 84 valence electrons. The minimum absolute atomic E-state index is 0.0399. The Labute approximate surface area is 89.7 Å². The first-order valence-corrected chi connectivity index (χ1v) is 6.91. The first-order chi connectivity index (χ1) is 6.54. The maximum absolute atomic E-state index is 11.5. The Morgan fingerprint density at radius 3 is 2.43 bits per heavy atom. The van der Waals surface area contributed by atoms with Gasteiger partial charge in [0.25, 0.3) is 0 Å². The number of hydrogen-bond donors (Lipinski definition) is 2. The zero-order valence-electron chi connectivity index (χ0n) is 8.00. The van der Waals surface area contributed by atoms with E-state index in [2.05, 4.69) is 4.72 Å². The molecular formula is C8H16ClNO3S. The van der Waals surface area contributed by atoms with Gasteiger partial charge < -0.3 is 5.11 Å². The van der Waals surface area contributed by atoms with Crippen molar-refractivity contribution in [2.24, 2.45) is 0 Å². The largest absolute Gasteiger partial charge is 0.394 e. The molecule has 2 N–H and O–H groups in total. The summed E-state index contributed by atoms with van der Waals surface area (Å²) in [5.41, 5.74) is -0.578. The quantitative estimate of drug-likeness (QED) is 0.664. The normalized spacial score (nSPS) is 20.4. The number of sulfonamides is 1. The SMILES string of the molecule is O=S(=O)(CCCCl)NC1(CO)CCC1. The van der Waals surface area contributed by atoms with Gasteiger partial charge in [-0.1, -0.05) is 0 Å². The first kappa shape index (κ1) is 12.2. The van der Waals surface area contributed by atoms with E-state index in [4.69, 9.17) is 16.7 Å².